The van der Waals surface area contributed by atoms with Crippen molar-refractivity contribution in [2.24, 2.45) is 5.92 Å². The van der Waals surface area contributed by atoms with Crippen molar-refractivity contribution in [3.63, 3.8) is 0 Å². The lowest BCUT2D eigenvalue weighted by molar-refractivity contribution is 0.116. The second-order valence-electron chi connectivity index (χ2n) is 7.12. The number of aliphatic hydroxyl groups excluding tert-OH is 1. The van der Waals surface area contributed by atoms with Crippen LogP contribution in [0.4, 0.5) is 10.6 Å². The van der Waals surface area contributed by atoms with Crippen molar-refractivity contribution < 1.29 is 9.90 Å². The number of carbonyl (C=O) groups excluding carboxylic acids is 1. The SMILES string of the molecule is CN(CC1CCCC1O)C(=O)Nc1ccc(C(C)(C)C)nn1. The Kier molecular flexibility index (Phi) is 5.01. The zero-order valence-electron chi connectivity index (χ0n) is 13.8. The number of carbonyl (C=O) groups is 1. The number of nitrogens with zero attached hydrogens (tertiary/aromatic N) is 3. The molecule has 2 rings (SSSR count). The predicted molar refractivity (Wildman–Crippen MR) is 85.7 cm³/mol. The van der Waals surface area contributed by atoms with Crippen molar-refractivity contribution in [3.05, 3.63) is 17.8 Å². The van der Waals surface area contributed by atoms with Gasteiger partial charge in [0.05, 0.1) is 11.8 Å². The minimum Gasteiger partial charge on any atom is -0.393 e. The summed E-state index contributed by atoms with van der Waals surface area (Å²) in [7, 11) is 1.73. The number of amides is 2. The molecular weight excluding hydrogens is 280 g/mol. The van der Waals surface area contributed by atoms with Gasteiger partial charge in [-0.2, -0.15) is 5.10 Å². The molecule has 22 heavy (non-hydrogen) atoms. The zero-order valence-corrected chi connectivity index (χ0v) is 13.8. The van der Waals surface area contributed by atoms with Gasteiger partial charge in [0.1, 0.15) is 0 Å². The standard InChI is InChI=1S/C16H26N4O2/c1-16(2,3)13-8-9-14(19-18-13)17-15(22)20(4)10-11-6-5-7-12(11)21/h8-9,11-12,21H,5-7,10H2,1-4H3,(H,17,19,22). The second kappa shape index (κ2) is 6.60. The summed E-state index contributed by atoms with van der Waals surface area (Å²) < 4.78 is 0. The summed E-state index contributed by atoms with van der Waals surface area (Å²) >= 11 is 0. The molecule has 1 aromatic rings. The molecule has 6 heteroatoms. The average Bonchev–Trinajstić information content (AvgIpc) is 2.84. The number of aliphatic hydroxyl groups is 1. The van der Waals surface area contributed by atoms with E-state index in [0.717, 1.165) is 25.0 Å². The molecule has 2 amide bonds. The van der Waals surface area contributed by atoms with Gasteiger partial charge < -0.3 is 10.0 Å². The van der Waals surface area contributed by atoms with Crippen LogP contribution in [-0.2, 0) is 5.41 Å². The van der Waals surface area contributed by atoms with Crippen LogP contribution < -0.4 is 5.32 Å². The summed E-state index contributed by atoms with van der Waals surface area (Å²) in [5.74, 6) is 0.613. The van der Waals surface area contributed by atoms with Gasteiger partial charge >= 0.3 is 6.03 Å². The molecule has 1 heterocycles. The lowest BCUT2D eigenvalue weighted by Crippen LogP contribution is -2.37. The molecule has 6 nitrogen and oxygen atoms in total. The van der Waals surface area contributed by atoms with Crippen molar-refractivity contribution >= 4 is 11.8 Å². The fourth-order valence-corrected chi connectivity index (χ4v) is 2.67. The third kappa shape index (κ3) is 4.16. The molecule has 1 aliphatic rings. The van der Waals surface area contributed by atoms with Crippen molar-refractivity contribution in [2.45, 2.75) is 51.6 Å². The first-order valence-corrected chi connectivity index (χ1v) is 7.82. The van der Waals surface area contributed by atoms with Crippen LogP contribution in [0, 0.1) is 5.92 Å². The fraction of sp³-hybridized carbons (Fsp3) is 0.688. The lowest BCUT2D eigenvalue weighted by Gasteiger charge is -2.23. The fourth-order valence-electron chi connectivity index (χ4n) is 2.67. The van der Waals surface area contributed by atoms with Gasteiger partial charge in [0.25, 0.3) is 0 Å². The minimum absolute atomic E-state index is 0.0645. The van der Waals surface area contributed by atoms with Gasteiger partial charge in [0.15, 0.2) is 5.82 Å². The highest BCUT2D eigenvalue weighted by molar-refractivity contribution is 5.87. The van der Waals surface area contributed by atoms with E-state index in [1.54, 1.807) is 18.0 Å². The maximum atomic E-state index is 12.2. The molecule has 2 N–H and O–H groups in total. The van der Waals surface area contributed by atoms with Gasteiger partial charge in [-0.25, -0.2) is 4.79 Å². The van der Waals surface area contributed by atoms with E-state index in [-0.39, 0.29) is 23.5 Å². The molecule has 2 unspecified atom stereocenters. The monoisotopic (exact) mass is 306 g/mol. The average molecular weight is 306 g/mol. The molecule has 0 aromatic carbocycles. The molecule has 1 aromatic heterocycles. The Labute approximate surface area is 131 Å². The molecule has 0 spiro atoms. The smallest absolute Gasteiger partial charge is 0.322 e. The van der Waals surface area contributed by atoms with Crippen molar-refractivity contribution in [1.29, 1.82) is 0 Å². The van der Waals surface area contributed by atoms with Crippen molar-refractivity contribution in [1.82, 2.24) is 15.1 Å². The molecule has 0 radical (unpaired) electrons. The summed E-state index contributed by atoms with van der Waals surface area (Å²) in [6.45, 7) is 6.75. The molecular formula is C16H26N4O2. The number of aromatic nitrogens is 2. The summed E-state index contributed by atoms with van der Waals surface area (Å²) in [4.78, 5) is 13.7. The first-order valence-electron chi connectivity index (χ1n) is 7.82. The van der Waals surface area contributed by atoms with Crippen LogP contribution in [0.2, 0.25) is 0 Å². The minimum atomic E-state index is -0.291. The van der Waals surface area contributed by atoms with Crippen molar-refractivity contribution in [3.8, 4) is 0 Å². The number of hydrogen-bond acceptors (Lipinski definition) is 4. The summed E-state index contributed by atoms with van der Waals surface area (Å²) in [6.07, 6.45) is 2.54. The van der Waals surface area contributed by atoms with E-state index in [9.17, 15) is 9.90 Å². The highest BCUT2D eigenvalue weighted by Crippen LogP contribution is 2.26. The lowest BCUT2D eigenvalue weighted by atomic mass is 9.92. The van der Waals surface area contributed by atoms with Crippen LogP contribution in [-0.4, -0.2) is 45.9 Å². The molecule has 1 aliphatic carbocycles. The van der Waals surface area contributed by atoms with Crippen LogP contribution in [0.3, 0.4) is 0 Å². The normalized spacial score (nSPS) is 21.7. The van der Waals surface area contributed by atoms with E-state index in [0.29, 0.717) is 12.4 Å². The van der Waals surface area contributed by atoms with Crippen molar-refractivity contribution in [2.75, 3.05) is 18.9 Å². The maximum Gasteiger partial charge on any atom is 0.322 e. The largest absolute Gasteiger partial charge is 0.393 e. The Morgan fingerprint density at radius 3 is 2.59 bits per heavy atom. The third-order valence-corrected chi connectivity index (χ3v) is 4.14. The summed E-state index contributed by atoms with van der Waals surface area (Å²) in [6, 6.07) is 3.42. The number of urea groups is 1. The van der Waals surface area contributed by atoms with E-state index in [4.69, 9.17) is 0 Å². The van der Waals surface area contributed by atoms with Crippen LogP contribution in [0.15, 0.2) is 12.1 Å². The van der Waals surface area contributed by atoms with E-state index < -0.39 is 0 Å². The summed E-state index contributed by atoms with van der Waals surface area (Å²) in [5.41, 5.74) is 0.818. The van der Waals surface area contributed by atoms with Gasteiger partial charge in [-0.05, 0) is 25.0 Å². The topological polar surface area (TPSA) is 78.4 Å². The predicted octanol–water partition coefficient (Wildman–Crippen LogP) is 2.40. The van der Waals surface area contributed by atoms with Gasteiger partial charge in [-0.1, -0.05) is 27.2 Å². The van der Waals surface area contributed by atoms with Crippen LogP contribution in [0.1, 0.15) is 45.7 Å². The number of hydrogen-bond donors (Lipinski definition) is 2. The molecule has 1 saturated carbocycles. The quantitative estimate of drug-likeness (QED) is 0.899. The van der Waals surface area contributed by atoms with Crippen LogP contribution in [0.25, 0.3) is 0 Å². The van der Waals surface area contributed by atoms with Gasteiger partial charge in [0, 0.05) is 24.9 Å². The first kappa shape index (κ1) is 16.7. The maximum absolute atomic E-state index is 12.2. The molecule has 0 bridgehead atoms. The van der Waals surface area contributed by atoms with Gasteiger partial charge in [-0.3, -0.25) is 5.32 Å². The Hall–Kier alpha value is -1.69. The highest BCUT2D eigenvalue weighted by atomic mass is 16.3. The molecule has 122 valence electrons. The third-order valence-electron chi connectivity index (χ3n) is 4.14. The van der Waals surface area contributed by atoms with Crippen LogP contribution in [0.5, 0.6) is 0 Å². The highest BCUT2D eigenvalue weighted by Gasteiger charge is 2.27. The summed E-state index contributed by atoms with van der Waals surface area (Å²) in [5, 5.41) is 20.8. The van der Waals surface area contributed by atoms with E-state index in [1.165, 1.54) is 0 Å². The molecule has 0 aliphatic heterocycles. The Bertz CT molecular complexity index is 510. The molecule has 2 atom stereocenters. The first-order chi connectivity index (χ1) is 10.3. The van der Waals surface area contributed by atoms with E-state index in [1.807, 2.05) is 6.07 Å². The Balaban J connectivity index is 1.91. The van der Waals surface area contributed by atoms with Gasteiger partial charge in [-0.15, -0.1) is 5.10 Å². The molecule has 1 fully saturated rings. The number of nitrogens with one attached hydrogen (secondary N) is 1. The van der Waals surface area contributed by atoms with E-state index >= 15 is 0 Å². The van der Waals surface area contributed by atoms with Crippen LogP contribution >= 0.6 is 0 Å². The van der Waals surface area contributed by atoms with Gasteiger partial charge in [0.2, 0.25) is 0 Å². The molecule has 0 saturated heterocycles. The second-order valence-corrected chi connectivity index (χ2v) is 7.12. The zero-order chi connectivity index (χ0) is 16.3. The number of anilines is 1. The van der Waals surface area contributed by atoms with E-state index in [2.05, 4.69) is 36.3 Å². The Morgan fingerprint density at radius 1 is 1.36 bits per heavy atom. The Morgan fingerprint density at radius 2 is 2.09 bits per heavy atom. The number of rotatable bonds is 3.